The molecule has 0 spiro atoms. The Labute approximate surface area is 98.5 Å². The minimum absolute atomic E-state index is 0.616. The second kappa shape index (κ2) is 7.03. The number of rotatable bonds is 6. The number of likely N-dealkylation sites (N-methyl/N-ethyl adjacent to an activating group) is 1. The summed E-state index contributed by atoms with van der Waals surface area (Å²) in [7, 11) is 2.07. The van der Waals surface area contributed by atoms with E-state index in [1.54, 1.807) is 0 Å². The first-order chi connectivity index (χ1) is 7.76. The highest BCUT2D eigenvalue weighted by Gasteiger charge is 1.99. The van der Waals surface area contributed by atoms with E-state index in [1.807, 2.05) is 0 Å². The Hall–Kier alpha value is -1.33. The van der Waals surface area contributed by atoms with Crippen molar-refractivity contribution in [1.82, 2.24) is 4.90 Å². The van der Waals surface area contributed by atoms with E-state index in [0.29, 0.717) is 6.42 Å². The van der Waals surface area contributed by atoms with E-state index in [1.165, 1.54) is 11.1 Å². The molecule has 1 aromatic rings. The predicted molar refractivity (Wildman–Crippen MR) is 67.3 cm³/mol. The fourth-order valence-corrected chi connectivity index (χ4v) is 1.61. The van der Waals surface area contributed by atoms with E-state index in [-0.39, 0.29) is 0 Å². The lowest BCUT2D eigenvalue weighted by molar-refractivity contribution is 0.346. The number of nitriles is 1. The van der Waals surface area contributed by atoms with Gasteiger partial charge in [-0.25, -0.2) is 0 Å². The average molecular weight is 216 g/mol. The lowest BCUT2D eigenvalue weighted by Crippen LogP contribution is -2.22. The molecule has 0 aliphatic carbocycles. The van der Waals surface area contributed by atoms with Crippen molar-refractivity contribution in [3.05, 3.63) is 35.4 Å². The molecular formula is C14H20N2. The van der Waals surface area contributed by atoms with E-state index in [0.717, 1.165) is 25.9 Å². The molecule has 0 aliphatic heterocycles. The van der Waals surface area contributed by atoms with Gasteiger partial charge in [0.15, 0.2) is 0 Å². The first-order valence-corrected chi connectivity index (χ1v) is 5.89. The van der Waals surface area contributed by atoms with Crippen molar-refractivity contribution in [2.75, 3.05) is 20.1 Å². The molecule has 0 aliphatic rings. The Morgan fingerprint density at radius 2 is 1.75 bits per heavy atom. The monoisotopic (exact) mass is 216 g/mol. The summed E-state index contributed by atoms with van der Waals surface area (Å²) in [6.07, 6.45) is 2.78. The zero-order chi connectivity index (χ0) is 11.8. The van der Waals surface area contributed by atoms with Crippen LogP contribution in [-0.4, -0.2) is 25.0 Å². The zero-order valence-electron chi connectivity index (χ0n) is 10.2. The summed E-state index contributed by atoms with van der Waals surface area (Å²) in [5.41, 5.74) is 2.77. The third-order valence-corrected chi connectivity index (χ3v) is 2.82. The van der Waals surface area contributed by atoms with Crippen LogP contribution in [0.25, 0.3) is 0 Å². The van der Waals surface area contributed by atoms with Crippen LogP contribution in [0.2, 0.25) is 0 Å². The molecule has 16 heavy (non-hydrogen) atoms. The maximum atomic E-state index is 8.48. The van der Waals surface area contributed by atoms with Gasteiger partial charge >= 0.3 is 0 Å². The van der Waals surface area contributed by atoms with E-state index in [4.69, 9.17) is 5.26 Å². The Kier molecular flexibility index (Phi) is 5.60. The molecule has 0 heterocycles. The van der Waals surface area contributed by atoms with Crippen molar-refractivity contribution in [1.29, 1.82) is 5.26 Å². The van der Waals surface area contributed by atoms with Gasteiger partial charge in [-0.3, -0.25) is 0 Å². The summed E-state index contributed by atoms with van der Waals surface area (Å²) in [5.74, 6) is 0. The highest BCUT2D eigenvalue weighted by Crippen LogP contribution is 2.06. The van der Waals surface area contributed by atoms with Crippen molar-refractivity contribution in [3.8, 4) is 6.07 Å². The van der Waals surface area contributed by atoms with Gasteiger partial charge in [0.25, 0.3) is 0 Å². The second-order valence-corrected chi connectivity index (χ2v) is 4.13. The summed E-state index contributed by atoms with van der Waals surface area (Å²) in [5, 5.41) is 8.48. The van der Waals surface area contributed by atoms with Gasteiger partial charge in [-0.1, -0.05) is 31.2 Å². The first kappa shape index (κ1) is 12.7. The van der Waals surface area contributed by atoms with Crippen LogP contribution >= 0.6 is 0 Å². The van der Waals surface area contributed by atoms with Gasteiger partial charge in [-0.15, -0.1) is 0 Å². The predicted octanol–water partition coefficient (Wildman–Crippen LogP) is 2.64. The quantitative estimate of drug-likeness (QED) is 0.731. The molecular weight excluding hydrogens is 196 g/mol. The molecule has 86 valence electrons. The number of benzene rings is 1. The maximum absolute atomic E-state index is 8.48. The van der Waals surface area contributed by atoms with Crippen LogP contribution in [0.1, 0.15) is 24.5 Å². The summed E-state index contributed by atoms with van der Waals surface area (Å²) < 4.78 is 0. The lowest BCUT2D eigenvalue weighted by Gasteiger charge is -2.14. The Morgan fingerprint density at radius 3 is 2.31 bits per heavy atom. The van der Waals surface area contributed by atoms with E-state index in [9.17, 15) is 0 Å². The molecule has 0 fully saturated rings. The van der Waals surface area contributed by atoms with Crippen LogP contribution in [0.3, 0.4) is 0 Å². The average Bonchev–Trinajstić information content (AvgIpc) is 2.34. The van der Waals surface area contributed by atoms with Crippen molar-refractivity contribution in [2.45, 2.75) is 26.2 Å². The second-order valence-electron chi connectivity index (χ2n) is 4.13. The fraction of sp³-hybridized carbons (Fsp3) is 0.500. The molecule has 0 aromatic heterocycles. The van der Waals surface area contributed by atoms with Gasteiger partial charge in [0.2, 0.25) is 0 Å². The number of hydrogen-bond donors (Lipinski definition) is 0. The molecule has 0 N–H and O–H groups in total. The van der Waals surface area contributed by atoms with Gasteiger partial charge in [-0.2, -0.15) is 5.26 Å². The van der Waals surface area contributed by atoms with Crippen molar-refractivity contribution in [3.63, 3.8) is 0 Å². The SMILES string of the molecule is CCc1ccc(CCN(C)CCC#N)cc1. The van der Waals surface area contributed by atoms with E-state index >= 15 is 0 Å². The lowest BCUT2D eigenvalue weighted by atomic mass is 10.1. The maximum Gasteiger partial charge on any atom is 0.0635 e. The standard InChI is InChI=1S/C14H20N2/c1-3-13-5-7-14(8-6-13)9-12-16(2)11-4-10-15/h5-8H,3-4,9,11-12H2,1-2H3. The van der Waals surface area contributed by atoms with Gasteiger partial charge < -0.3 is 4.90 Å². The first-order valence-electron chi connectivity index (χ1n) is 5.89. The van der Waals surface area contributed by atoms with Crippen LogP contribution < -0.4 is 0 Å². The molecule has 0 radical (unpaired) electrons. The minimum atomic E-state index is 0.616. The van der Waals surface area contributed by atoms with Crippen LogP contribution in [0, 0.1) is 11.3 Å². The Morgan fingerprint density at radius 1 is 1.12 bits per heavy atom. The van der Waals surface area contributed by atoms with Crippen molar-refractivity contribution >= 4 is 0 Å². The van der Waals surface area contributed by atoms with E-state index in [2.05, 4.69) is 49.2 Å². The Balaban J connectivity index is 2.34. The molecule has 0 saturated carbocycles. The molecule has 0 saturated heterocycles. The molecule has 2 heteroatoms. The number of nitrogens with zero attached hydrogens (tertiary/aromatic N) is 2. The molecule has 0 atom stereocenters. The van der Waals surface area contributed by atoms with E-state index < -0.39 is 0 Å². The van der Waals surface area contributed by atoms with Crippen LogP contribution in [0.15, 0.2) is 24.3 Å². The molecule has 2 nitrogen and oxygen atoms in total. The van der Waals surface area contributed by atoms with Gasteiger partial charge in [0, 0.05) is 19.5 Å². The molecule has 1 aromatic carbocycles. The minimum Gasteiger partial charge on any atom is -0.305 e. The van der Waals surface area contributed by atoms with Gasteiger partial charge in [-0.05, 0) is 31.0 Å². The zero-order valence-corrected chi connectivity index (χ0v) is 10.2. The molecule has 1 rings (SSSR count). The summed E-state index contributed by atoms with van der Waals surface area (Å²) >= 11 is 0. The molecule has 0 unspecified atom stereocenters. The normalized spacial score (nSPS) is 10.4. The van der Waals surface area contributed by atoms with Crippen LogP contribution in [0.4, 0.5) is 0 Å². The summed E-state index contributed by atoms with van der Waals surface area (Å²) in [6, 6.07) is 11.0. The number of aryl methyl sites for hydroxylation is 1. The largest absolute Gasteiger partial charge is 0.305 e. The van der Waals surface area contributed by atoms with Crippen molar-refractivity contribution in [2.24, 2.45) is 0 Å². The Bertz CT molecular complexity index is 335. The third-order valence-electron chi connectivity index (χ3n) is 2.82. The van der Waals surface area contributed by atoms with Crippen molar-refractivity contribution < 1.29 is 0 Å². The summed E-state index contributed by atoms with van der Waals surface area (Å²) in [4.78, 5) is 2.21. The fourth-order valence-electron chi connectivity index (χ4n) is 1.61. The van der Waals surface area contributed by atoms with Gasteiger partial charge in [0.05, 0.1) is 6.07 Å². The smallest absolute Gasteiger partial charge is 0.0635 e. The van der Waals surface area contributed by atoms with Crippen LogP contribution in [-0.2, 0) is 12.8 Å². The van der Waals surface area contributed by atoms with Gasteiger partial charge in [0.1, 0.15) is 0 Å². The molecule has 0 amide bonds. The highest BCUT2D eigenvalue weighted by atomic mass is 15.1. The highest BCUT2D eigenvalue weighted by molar-refractivity contribution is 5.22. The molecule has 0 bridgehead atoms. The number of hydrogen-bond acceptors (Lipinski definition) is 2. The third kappa shape index (κ3) is 4.46. The summed E-state index contributed by atoms with van der Waals surface area (Å²) in [6.45, 7) is 4.06. The van der Waals surface area contributed by atoms with Crippen LogP contribution in [0.5, 0.6) is 0 Å². The topological polar surface area (TPSA) is 27.0 Å².